The molecule has 2 heterocycles. The summed E-state index contributed by atoms with van der Waals surface area (Å²) in [5.41, 5.74) is 7.65. The van der Waals surface area contributed by atoms with Crippen molar-refractivity contribution in [2.75, 3.05) is 19.5 Å². The topological polar surface area (TPSA) is 121 Å². The van der Waals surface area contributed by atoms with Crippen molar-refractivity contribution in [2.45, 2.75) is 0 Å². The molecule has 0 atom stereocenters. The zero-order valence-electron chi connectivity index (χ0n) is 17.2. The number of nitrogens with two attached hydrogens (primary N) is 1. The SMILES string of the molecule is COc1cc(NC(=O)c2csc(-c3cnn(-c4ccccc4)c3)n2)c(C(N)=O)cc1OC. The van der Waals surface area contributed by atoms with Crippen LogP contribution in [0.1, 0.15) is 20.8 Å². The average molecular weight is 449 g/mol. The third-order valence-electron chi connectivity index (χ3n) is 4.62. The Labute approximate surface area is 187 Å². The van der Waals surface area contributed by atoms with E-state index in [1.165, 1.54) is 37.7 Å². The molecule has 9 nitrogen and oxygen atoms in total. The number of benzene rings is 2. The highest BCUT2D eigenvalue weighted by Gasteiger charge is 2.19. The van der Waals surface area contributed by atoms with Crippen LogP contribution in [0.4, 0.5) is 5.69 Å². The van der Waals surface area contributed by atoms with Gasteiger partial charge >= 0.3 is 0 Å². The normalized spacial score (nSPS) is 10.6. The van der Waals surface area contributed by atoms with E-state index in [1.54, 1.807) is 16.3 Å². The minimum Gasteiger partial charge on any atom is -0.493 e. The number of hydrogen-bond donors (Lipinski definition) is 2. The summed E-state index contributed by atoms with van der Waals surface area (Å²) in [6.07, 6.45) is 3.53. The Kier molecular flexibility index (Phi) is 5.86. The number of aromatic nitrogens is 3. The van der Waals surface area contributed by atoms with Crippen molar-refractivity contribution >= 4 is 28.8 Å². The summed E-state index contributed by atoms with van der Waals surface area (Å²) in [5.74, 6) is -0.531. The average Bonchev–Trinajstić information content (AvgIpc) is 3.49. The van der Waals surface area contributed by atoms with Crippen molar-refractivity contribution in [3.05, 3.63) is 71.5 Å². The Balaban J connectivity index is 1.58. The number of methoxy groups -OCH3 is 2. The molecule has 2 aromatic heterocycles. The van der Waals surface area contributed by atoms with Crippen LogP contribution in [0.2, 0.25) is 0 Å². The number of amides is 2. The van der Waals surface area contributed by atoms with Gasteiger partial charge in [-0.25, -0.2) is 9.67 Å². The summed E-state index contributed by atoms with van der Waals surface area (Å²) in [7, 11) is 2.90. The van der Waals surface area contributed by atoms with Gasteiger partial charge in [0, 0.05) is 23.2 Å². The molecule has 10 heteroatoms. The van der Waals surface area contributed by atoms with Crippen LogP contribution in [-0.2, 0) is 0 Å². The minimum absolute atomic E-state index is 0.0931. The standard InChI is InChI=1S/C22H19N5O4S/c1-30-18-8-15(20(23)28)16(9-19(18)31-2)25-21(29)17-12-32-22(26-17)13-10-24-27(11-13)14-6-4-3-5-7-14/h3-12H,1-2H3,(H2,23,28)(H,25,29). The second kappa shape index (κ2) is 8.90. The maximum absolute atomic E-state index is 12.8. The lowest BCUT2D eigenvalue weighted by Gasteiger charge is -2.13. The molecule has 0 aliphatic heterocycles. The Bertz CT molecular complexity index is 1280. The summed E-state index contributed by atoms with van der Waals surface area (Å²) in [6, 6.07) is 12.6. The number of thiazole rings is 1. The molecule has 0 fully saturated rings. The molecule has 0 unspecified atom stereocenters. The van der Waals surface area contributed by atoms with Gasteiger partial charge in [-0.3, -0.25) is 9.59 Å². The maximum Gasteiger partial charge on any atom is 0.275 e. The summed E-state index contributed by atoms with van der Waals surface area (Å²) >= 11 is 1.31. The van der Waals surface area contributed by atoms with Crippen LogP contribution in [0, 0.1) is 0 Å². The quantitative estimate of drug-likeness (QED) is 0.446. The summed E-state index contributed by atoms with van der Waals surface area (Å²) in [4.78, 5) is 29.1. The van der Waals surface area contributed by atoms with Crippen LogP contribution in [-0.4, -0.2) is 40.8 Å². The molecule has 32 heavy (non-hydrogen) atoms. The van der Waals surface area contributed by atoms with Gasteiger partial charge in [-0.2, -0.15) is 5.10 Å². The molecule has 0 saturated carbocycles. The molecule has 0 aliphatic carbocycles. The summed E-state index contributed by atoms with van der Waals surface area (Å²) in [5, 5.41) is 9.31. The molecule has 2 amide bonds. The number of anilines is 1. The van der Waals surface area contributed by atoms with Crippen molar-refractivity contribution in [3.8, 4) is 27.8 Å². The maximum atomic E-state index is 12.8. The van der Waals surface area contributed by atoms with Crippen LogP contribution >= 0.6 is 11.3 Å². The number of hydrogen-bond acceptors (Lipinski definition) is 7. The van der Waals surface area contributed by atoms with E-state index in [4.69, 9.17) is 15.2 Å². The first-order valence-electron chi connectivity index (χ1n) is 9.43. The van der Waals surface area contributed by atoms with E-state index in [0.29, 0.717) is 16.5 Å². The number of primary amides is 1. The third-order valence-corrected chi connectivity index (χ3v) is 5.52. The van der Waals surface area contributed by atoms with Gasteiger partial charge in [0.05, 0.1) is 37.4 Å². The molecule has 0 aliphatic rings. The predicted octanol–water partition coefficient (Wildman–Crippen LogP) is 3.36. The first-order chi connectivity index (χ1) is 15.5. The van der Waals surface area contributed by atoms with Crippen molar-refractivity contribution in [3.63, 3.8) is 0 Å². The van der Waals surface area contributed by atoms with Gasteiger partial charge in [-0.05, 0) is 18.2 Å². The lowest BCUT2D eigenvalue weighted by atomic mass is 10.1. The molecular weight excluding hydrogens is 430 g/mol. The highest BCUT2D eigenvalue weighted by Crippen LogP contribution is 2.33. The Morgan fingerprint density at radius 3 is 2.50 bits per heavy atom. The molecule has 0 saturated heterocycles. The van der Waals surface area contributed by atoms with E-state index in [9.17, 15) is 9.59 Å². The summed E-state index contributed by atoms with van der Waals surface area (Å²) < 4.78 is 12.2. The van der Waals surface area contributed by atoms with Gasteiger partial charge in [0.15, 0.2) is 11.5 Å². The van der Waals surface area contributed by atoms with Crippen LogP contribution in [0.15, 0.2) is 60.2 Å². The zero-order chi connectivity index (χ0) is 22.7. The largest absolute Gasteiger partial charge is 0.493 e. The molecule has 0 radical (unpaired) electrons. The number of ether oxygens (including phenoxy) is 2. The number of nitrogens with zero attached hydrogens (tertiary/aromatic N) is 3. The highest BCUT2D eigenvalue weighted by molar-refractivity contribution is 7.13. The van der Waals surface area contributed by atoms with E-state index in [0.717, 1.165) is 11.3 Å². The summed E-state index contributed by atoms with van der Waals surface area (Å²) in [6.45, 7) is 0. The van der Waals surface area contributed by atoms with E-state index in [1.807, 2.05) is 36.5 Å². The Hall–Kier alpha value is -4.18. The fourth-order valence-electron chi connectivity index (χ4n) is 3.04. The van der Waals surface area contributed by atoms with E-state index >= 15 is 0 Å². The molecular formula is C22H19N5O4S. The number of nitrogens with one attached hydrogen (secondary N) is 1. The monoisotopic (exact) mass is 449 g/mol. The fraction of sp³-hybridized carbons (Fsp3) is 0.0909. The zero-order valence-corrected chi connectivity index (χ0v) is 18.1. The van der Waals surface area contributed by atoms with Gasteiger partial charge in [0.1, 0.15) is 10.7 Å². The van der Waals surface area contributed by atoms with E-state index in [-0.39, 0.29) is 16.9 Å². The van der Waals surface area contributed by atoms with Crippen LogP contribution in [0.3, 0.4) is 0 Å². The molecule has 3 N–H and O–H groups in total. The minimum atomic E-state index is -0.714. The number of para-hydroxylation sites is 1. The number of carbonyl (C=O) groups excluding carboxylic acids is 2. The molecule has 0 bridgehead atoms. The second-order valence-corrected chi connectivity index (χ2v) is 7.48. The number of carbonyl (C=O) groups is 2. The van der Waals surface area contributed by atoms with Gasteiger partial charge in [0.2, 0.25) is 0 Å². The first kappa shape index (κ1) is 21.1. The van der Waals surface area contributed by atoms with Crippen LogP contribution in [0.25, 0.3) is 16.3 Å². The van der Waals surface area contributed by atoms with E-state index < -0.39 is 11.8 Å². The van der Waals surface area contributed by atoms with Crippen molar-refractivity contribution in [1.29, 1.82) is 0 Å². The van der Waals surface area contributed by atoms with E-state index in [2.05, 4.69) is 15.4 Å². The van der Waals surface area contributed by atoms with Crippen LogP contribution < -0.4 is 20.5 Å². The van der Waals surface area contributed by atoms with Crippen molar-refractivity contribution < 1.29 is 19.1 Å². The lowest BCUT2D eigenvalue weighted by Crippen LogP contribution is -2.19. The number of rotatable bonds is 7. The Morgan fingerprint density at radius 1 is 1.09 bits per heavy atom. The molecule has 2 aromatic carbocycles. The molecule has 4 aromatic rings. The smallest absolute Gasteiger partial charge is 0.275 e. The van der Waals surface area contributed by atoms with Crippen molar-refractivity contribution in [1.82, 2.24) is 14.8 Å². The Morgan fingerprint density at radius 2 is 1.81 bits per heavy atom. The third kappa shape index (κ3) is 4.16. The molecule has 0 spiro atoms. The lowest BCUT2D eigenvalue weighted by molar-refractivity contribution is 0.100. The highest BCUT2D eigenvalue weighted by atomic mass is 32.1. The van der Waals surface area contributed by atoms with Crippen LogP contribution in [0.5, 0.6) is 11.5 Å². The van der Waals surface area contributed by atoms with Gasteiger partial charge < -0.3 is 20.5 Å². The molecule has 162 valence electrons. The van der Waals surface area contributed by atoms with Gasteiger partial charge in [-0.1, -0.05) is 18.2 Å². The fourth-order valence-corrected chi connectivity index (χ4v) is 3.81. The second-order valence-electron chi connectivity index (χ2n) is 6.62. The van der Waals surface area contributed by atoms with Gasteiger partial charge in [0.25, 0.3) is 11.8 Å². The van der Waals surface area contributed by atoms with Crippen molar-refractivity contribution in [2.24, 2.45) is 5.73 Å². The predicted molar refractivity (Wildman–Crippen MR) is 121 cm³/mol. The van der Waals surface area contributed by atoms with Gasteiger partial charge in [-0.15, -0.1) is 11.3 Å². The molecule has 4 rings (SSSR count). The first-order valence-corrected chi connectivity index (χ1v) is 10.3.